The summed E-state index contributed by atoms with van der Waals surface area (Å²) >= 11 is 0. The van der Waals surface area contributed by atoms with Gasteiger partial charge in [0.2, 0.25) is 0 Å². The maximum Gasteiger partial charge on any atom is 0.260 e. The molecular formula is C12H16FNO3. The van der Waals surface area contributed by atoms with Gasteiger partial charge in [0.1, 0.15) is 17.1 Å². The van der Waals surface area contributed by atoms with Crippen LogP contribution in [0.25, 0.3) is 0 Å². The number of nitrogens with zero attached hydrogens (tertiary/aromatic N) is 1. The average molecular weight is 241 g/mol. The number of aliphatic hydroxyl groups is 1. The van der Waals surface area contributed by atoms with E-state index in [9.17, 15) is 14.3 Å². The monoisotopic (exact) mass is 241 g/mol. The number of aromatic hydroxyl groups is 1. The quantitative estimate of drug-likeness (QED) is 0.818. The fourth-order valence-corrected chi connectivity index (χ4v) is 1.59. The minimum atomic E-state index is -0.756. The van der Waals surface area contributed by atoms with Gasteiger partial charge < -0.3 is 15.1 Å². The molecule has 0 bridgehead atoms. The van der Waals surface area contributed by atoms with Crippen LogP contribution >= 0.6 is 0 Å². The fraction of sp³-hybridized carbons (Fsp3) is 0.417. The van der Waals surface area contributed by atoms with Crippen LogP contribution in [0.15, 0.2) is 18.2 Å². The lowest BCUT2D eigenvalue weighted by Crippen LogP contribution is -2.34. The molecule has 0 unspecified atom stereocenters. The number of halogens is 1. The Kier molecular flexibility index (Phi) is 4.90. The topological polar surface area (TPSA) is 60.8 Å². The molecule has 0 atom stereocenters. The van der Waals surface area contributed by atoms with Gasteiger partial charge in [0.15, 0.2) is 0 Å². The lowest BCUT2D eigenvalue weighted by Gasteiger charge is -2.21. The Bertz CT molecular complexity index is 369. The van der Waals surface area contributed by atoms with Crippen LogP contribution in [-0.4, -0.2) is 40.7 Å². The van der Waals surface area contributed by atoms with Gasteiger partial charge in [-0.15, -0.1) is 0 Å². The number of phenolic OH excluding ortho intramolecular Hbond substituents is 1. The molecule has 0 radical (unpaired) electrons. The first kappa shape index (κ1) is 13.4. The number of hydrogen-bond donors (Lipinski definition) is 2. The first-order valence-electron chi connectivity index (χ1n) is 5.49. The third-order valence-corrected chi connectivity index (χ3v) is 2.36. The van der Waals surface area contributed by atoms with Crippen molar-refractivity contribution in [3.63, 3.8) is 0 Å². The molecule has 4 nitrogen and oxygen atoms in total. The van der Waals surface area contributed by atoms with E-state index in [0.29, 0.717) is 13.0 Å². The minimum Gasteiger partial charge on any atom is -0.507 e. The third-order valence-electron chi connectivity index (χ3n) is 2.36. The van der Waals surface area contributed by atoms with E-state index < -0.39 is 11.7 Å². The summed E-state index contributed by atoms with van der Waals surface area (Å²) in [4.78, 5) is 13.3. The zero-order chi connectivity index (χ0) is 12.8. The lowest BCUT2D eigenvalue weighted by molar-refractivity contribution is 0.0714. The molecule has 1 rings (SSSR count). The number of rotatable bonds is 5. The van der Waals surface area contributed by atoms with Gasteiger partial charge in [-0.25, -0.2) is 4.39 Å². The molecule has 0 saturated heterocycles. The summed E-state index contributed by atoms with van der Waals surface area (Å²) in [6.45, 7) is 2.22. The molecule has 2 N–H and O–H groups in total. The van der Waals surface area contributed by atoms with Gasteiger partial charge in [0, 0.05) is 13.1 Å². The van der Waals surface area contributed by atoms with Crippen LogP contribution in [0.5, 0.6) is 5.75 Å². The van der Waals surface area contributed by atoms with E-state index in [1.807, 2.05) is 6.92 Å². The Hall–Kier alpha value is -1.62. The number of benzene rings is 1. The highest BCUT2D eigenvalue weighted by molar-refractivity contribution is 5.97. The highest BCUT2D eigenvalue weighted by Gasteiger charge is 2.21. The van der Waals surface area contributed by atoms with Crippen molar-refractivity contribution in [1.82, 2.24) is 4.90 Å². The maximum atomic E-state index is 13.5. The molecule has 1 amide bonds. The van der Waals surface area contributed by atoms with Crippen LogP contribution in [0.3, 0.4) is 0 Å². The van der Waals surface area contributed by atoms with Crippen LogP contribution in [0.4, 0.5) is 4.39 Å². The van der Waals surface area contributed by atoms with Crippen LogP contribution in [-0.2, 0) is 0 Å². The van der Waals surface area contributed by atoms with Gasteiger partial charge in [0.05, 0.1) is 6.61 Å². The molecule has 17 heavy (non-hydrogen) atoms. The first-order chi connectivity index (χ1) is 8.11. The molecular weight excluding hydrogens is 225 g/mol. The number of carbonyl (C=O) groups excluding carboxylic acids is 1. The van der Waals surface area contributed by atoms with E-state index in [2.05, 4.69) is 0 Å². The van der Waals surface area contributed by atoms with Gasteiger partial charge in [-0.2, -0.15) is 0 Å². The van der Waals surface area contributed by atoms with Crippen LogP contribution in [0.2, 0.25) is 0 Å². The van der Waals surface area contributed by atoms with Crippen LogP contribution < -0.4 is 0 Å². The van der Waals surface area contributed by atoms with Crippen molar-refractivity contribution in [2.24, 2.45) is 0 Å². The zero-order valence-electron chi connectivity index (χ0n) is 9.69. The molecule has 94 valence electrons. The van der Waals surface area contributed by atoms with Crippen LogP contribution in [0.1, 0.15) is 23.7 Å². The maximum absolute atomic E-state index is 13.5. The van der Waals surface area contributed by atoms with Crippen LogP contribution in [0, 0.1) is 5.82 Å². The second-order valence-corrected chi connectivity index (χ2v) is 3.65. The van der Waals surface area contributed by atoms with E-state index in [4.69, 9.17) is 5.11 Å². The van der Waals surface area contributed by atoms with E-state index in [1.54, 1.807) is 0 Å². The van der Waals surface area contributed by atoms with Crippen molar-refractivity contribution in [2.45, 2.75) is 13.3 Å². The first-order valence-corrected chi connectivity index (χ1v) is 5.49. The van der Waals surface area contributed by atoms with Crippen molar-refractivity contribution in [3.05, 3.63) is 29.6 Å². The second kappa shape index (κ2) is 6.20. The third kappa shape index (κ3) is 3.17. The molecule has 1 aromatic carbocycles. The molecule has 0 aliphatic rings. The average Bonchev–Trinajstić information content (AvgIpc) is 2.28. The van der Waals surface area contributed by atoms with Gasteiger partial charge in [-0.3, -0.25) is 4.79 Å². The van der Waals surface area contributed by atoms with Gasteiger partial charge in [-0.05, 0) is 18.6 Å². The van der Waals surface area contributed by atoms with E-state index in [1.165, 1.54) is 17.0 Å². The van der Waals surface area contributed by atoms with Gasteiger partial charge in [0.25, 0.3) is 5.91 Å². The summed E-state index contributed by atoms with van der Waals surface area (Å²) in [7, 11) is 0. The number of carbonyl (C=O) groups is 1. The summed E-state index contributed by atoms with van der Waals surface area (Å²) in [5, 5.41) is 18.3. The predicted octanol–water partition coefficient (Wildman–Crippen LogP) is 1.38. The fourth-order valence-electron chi connectivity index (χ4n) is 1.59. The molecule has 0 heterocycles. The zero-order valence-corrected chi connectivity index (χ0v) is 9.69. The largest absolute Gasteiger partial charge is 0.507 e. The summed E-state index contributed by atoms with van der Waals surface area (Å²) in [6.07, 6.45) is 0.695. The Balaban J connectivity index is 3.00. The summed E-state index contributed by atoms with van der Waals surface area (Å²) in [5.74, 6) is -1.74. The molecule has 0 saturated carbocycles. The number of amides is 1. The SMILES string of the molecule is CCCN(CCO)C(=O)c1c(O)cccc1F. The molecule has 0 aliphatic heterocycles. The Morgan fingerprint density at radius 2 is 2.12 bits per heavy atom. The highest BCUT2D eigenvalue weighted by atomic mass is 19.1. The number of phenols is 1. The number of hydrogen-bond acceptors (Lipinski definition) is 3. The van der Waals surface area contributed by atoms with E-state index >= 15 is 0 Å². The summed E-state index contributed by atoms with van der Waals surface area (Å²) < 4.78 is 13.5. The molecule has 0 aromatic heterocycles. The smallest absolute Gasteiger partial charge is 0.260 e. The molecule has 1 aromatic rings. The molecule has 0 aliphatic carbocycles. The highest BCUT2D eigenvalue weighted by Crippen LogP contribution is 2.21. The van der Waals surface area contributed by atoms with E-state index in [-0.39, 0.29) is 24.5 Å². The van der Waals surface area contributed by atoms with Crippen molar-refractivity contribution in [2.75, 3.05) is 19.7 Å². The molecule has 0 fully saturated rings. The Morgan fingerprint density at radius 3 is 2.65 bits per heavy atom. The predicted molar refractivity (Wildman–Crippen MR) is 61.3 cm³/mol. The number of aliphatic hydroxyl groups excluding tert-OH is 1. The second-order valence-electron chi connectivity index (χ2n) is 3.65. The van der Waals surface area contributed by atoms with E-state index in [0.717, 1.165) is 6.07 Å². The standard InChI is InChI=1S/C12H16FNO3/c1-2-6-14(7-8-15)12(17)11-9(13)4-3-5-10(11)16/h3-5,15-16H,2,6-8H2,1H3. The lowest BCUT2D eigenvalue weighted by atomic mass is 10.1. The van der Waals surface area contributed by atoms with Crippen molar-refractivity contribution < 1.29 is 19.4 Å². The minimum absolute atomic E-state index is 0.125. The molecule has 5 heteroatoms. The van der Waals surface area contributed by atoms with Gasteiger partial charge >= 0.3 is 0 Å². The van der Waals surface area contributed by atoms with Gasteiger partial charge in [-0.1, -0.05) is 13.0 Å². The Labute approximate surface area is 99.3 Å². The molecule has 0 spiro atoms. The normalized spacial score (nSPS) is 10.3. The summed E-state index contributed by atoms with van der Waals surface area (Å²) in [6, 6.07) is 3.72. The van der Waals surface area contributed by atoms with Crippen molar-refractivity contribution in [1.29, 1.82) is 0 Å². The summed E-state index contributed by atoms with van der Waals surface area (Å²) in [5.41, 5.74) is -0.339. The van der Waals surface area contributed by atoms with Crippen molar-refractivity contribution >= 4 is 5.91 Å². The Morgan fingerprint density at radius 1 is 1.41 bits per heavy atom. The van der Waals surface area contributed by atoms with Crippen molar-refractivity contribution in [3.8, 4) is 5.75 Å².